The molecule has 0 saturated carbocycles. The first-order valence-corrected chi connectivity index (χ1v) is 4.07. The molecule has 3 nitrogen and oxygen atoms in total. The summed E-state index contributed by atoms with van der Waals surface area (Å²) >= 11 is 8.64. The molecule has 5 heteroatoms. The van der Waals surface area contributed by atoms with Gasteiger partial charge < -0.3 is 9.88 Å². The van der Waals surface area contributed by atoms with Crippen LogP contribution in [0.15, 0.2) is 18.7 Å². The van der Waals surface area contributed by atoms with Crippen LogP contribution in [0.25, 0.3) is 0 Å². The van der Waals surface area contributed by atoms with E-state index in [1.54, 1.807) is 12.5 Å². The maximum atomic E-state index is 4.72. The van der Waals surface area contributed by atoms with Crippen molar-refractivity contribution < 1.29 is 0 Å². The van der Waals surface area contributed by atoms with E-state index in [9.17, 15) is 0 Å². The molecule has 1 heterocycles. The Morgan fingerprint density at radius 1 is 1.73 bits per heavy atom. The van der Waals surface area contributed by atoms with Crippen molar-refractivity contribution in [2.45, 2.75) is 6.54 Å². The summed E-state index contributed by atoms with van der Waals surface area (Å²) in [7, 11) is 0. The van der Waals surface area contributed by atoms with Gasteiger partial charge in [0.05, 0.1) is 6.33 Å². The number of nitrogens with zero attached hydrogens (tertiary/aromatic N) is 2. The number of imidazole rings is 1. The van der Waals surface area contributed by atoms with Crippen LogP contribution >= 0.6 is 24.8 Å². The molecule has 0 radical (unpaired) electrons. The van der Waals surface area contributed by atoms with Crippen molar-refractivity contribution in [3.8, 4) is 0 Å². The van der Waals surface area contributed by atoms with E-state index in [4.69, 9.17) is 12.2 Å². The third kappa shape index (κ3) is 3.38. The molecule has 1 N–H and O–H groups in total. The summed E-state index contributed by atoms with van der Waals surface area (Å²) in [6.45, 7) is 1.65. The van der Waals surface area contributed by atoms with Crippen molar-refractivity contribution in [3.05, 3.63) is 18.7 Å². The largest absolute Gasteiger partial charge is 0.369 e. The van der Waals surface area contributed by atoms with Gasteiger partial charge in [0.15, 0.2) is 0 Å². The van der Waals surface area contributed by atoms with Crippen molar-refractivity contribution in [1.82, 2.24) is 14.9 Å². The van der Waals surface area contributed by atoms with E-state index in [0.29, 0.717) is 4.32 Å². The fraction of sp³-hybridized carbons (Fsp3) is 0.333. The molecule has 0 fully saturated rings. The Balaban J connectivity index is 2.19. The second-order valence-electron chi connectivity index (χ2n) is 2.03. The van der Waals surface area contributed by atoms with Gasteiger partial charge in [0.25, 0.3) is 0 Å². The average Bonchev–Trinajstić information content (AvgIpc) is 2.39. The third-order valence-electron chi connectivity index (χ3n) is 1.21. The summed E-state index contributed by atoms with van der Waals surface area (Å²) in [5.41, 5.74) is 0. The number of thiol groups is 1. The maximum Gasteiger partial charge on any atom is 0.130 e. The average molecular weight is 187 g/mol. The molecule has 0 atom stereocenters. The minimum Gasteiger partial charge on any atom is -0.369 e. The van der Waals surface area contributed by atoms with Gasteiger partial charge in [-0.05, 0) is 0 Å². The van der Waals surface area contributed by atoms with Crippen LogP contribution in [0, 0.1) is 0 Å². The zero-order valence-corrected chi connectivity index (χ0v) is 7.61. The molecular weight excluding hydrogens is 178 g/mol. The number of rotatable bonds is 3. The standard InChI is InChI=1S/C6H9N3S2/c10-6(11)8-2-4-9-3-1-7-5-9/h1,3,5H,2,4H2,(H2,8,10,11). The van der Waals surface area contributed by atoms with Crippen LogP contribution in [0.2, 0.25) is 0 Å². The zero-order chi connectivity index (χ0) is 8.10. The monoisotopic (exact) mass is 187 g/mol. The number of thiocarbonyl (C=S) groups is 1. The highest BCUT2D eigenvalue weighted by molar-refractivity contribution is 8.11. The molecule has 1 aromatic heterocycles. The van der Waals surface area contributed by atoms with E-state index in [1.807, 2.05) is 10.8 Å². The molecule has 0 saturated heterocycles. The van der Waals surface area contributed by atoms with Crippen molar-refractivity contribution in [2.75, 3.05) is 6.54 Å². The Hall–Kier alpha value is -0.550. The molecule has 11 heavy (non-hydrogen) atoms. The van der Waals surface area contributed by atoms with E-state index in [1.165, 1.54) is 0 Å². The predicted molar refractivity (Wildman–Crippen MR) is 51.8 cm³/mol. The van der Waals surface area contributed by atoms with Crippen molar-refractivity contribution in [2.24, 2.45) is 0 Å². The molecule has 0 bridgehead atoms. The minimum absolute atomic E-state index is 0.533. The van der Waals surface area contributed by atoms with E-state index in [2.05, 4.69) is 22.9 Å². The molecule has 60 valence electrons. The fourth-order valence-electron chi connectivity index (χ4n) is 0.711. The lowest BCUT2D eigenvalue weighted by Crippen LogP contribution is -2.21. The van der Waals surface area contributed by atoms with Gasteiger partial charge in [0, 0.05) is 25.5 Å². The first kappa shape index (κ1) is 8.55. The Morgan fingerprint density at radius 3 is 3.09 bits per heavy atom. The molecule has 0 unspecified atom stereocenters. The predicted octanol–water partition coefficient (Wildman–Crippen LogP) is 0.687. The summed E-state index contributed by atoms with van der Waals surface area (Å²) in [5, 5.41) is 2.93. The van der Waals surface area contributed by atoms with Gasteiger partial charge in [-0.3, -0.25) is 0 Å². The molecule has 0 aliphatic carbocycles. The van der Waals surface area contributed by atoms with Crippen LogP contribution in [-0.2, 0) is 6.54 Å². The SMILES string of the molecule is S=C(S)NCCn1ccnc1. The summed E-state index contributed by atoms with van der Waals surface area (Å²) in [4.78, 5) is 3.90. The van der Waals surface area contributed by atoms with Crippen LogP contribution in [0.1, 0.15) is 0 Å². The van der Waals surface area contributed by atoms with E-state index < -0.39 is 0 Å². The molecule has 1 rings (SSSR count). The second-order valence-corrected chi connectivity index (χ2v) is 3.19. The molecule has 1 aromatic rings. The highest BCUT2D eigenvalue weighted by Gasteiger charge is 1.89. The molecular formula is C6H9N3S2. The second kappa shape index (κ2) is 4.35. The lowest BCUT2D eigenvalue weighted by Gasteiger charge is -2.02. The van der Waals surface area contributed by atoms with Gasteiger partial charge in [0.1, 0.15) is 4.32 Å². The van der Waals surface area contributed by atoms with E-state index in [0.717, 1.165) is 13.1 Å². The summed E-state index contributed by atoms with van der Waals surface area (Å²) in [5.74, 6) is 0. The first-order valence-electron chi connectivity index (χ1n) is 3.21. The lowest BCUT2D eigenvalue weighted by molar-refractivity contribution is 0.678. The van der Waals surface area contributed by atoms with E-state index >= 15 is 0 Å². The highest BCUT2D eigenvalue weighted by atomic mass is 32.1. The molecule has 0 aromatic carbocycles. The third-order valence-corrected chi connectivity index (χ3v) is 1.51. The van der Waals surface area contributed by atoms with Crippen molar-refractivity contribution in [1.29, 1.82) is 0 Å². The van der Waals surface area contributed by atoms with Crippen LogP contribution < -0.4 is 5.32 Å². The topological polar surface area (TPSA) is 29.9 Å². The molecule has 0 spiro atoms. The highest BCUT2D eigenvalue weighted by Crippen LogP contribution is 1.84. The van der Waals surface area contributed by atoms with E-state index in [-0.39, 0.29) is 0 Å². The maximum absolute atomic E-state index is 4.72. The normalized spacial score (nSPS) is 9.55. The van der Waals surface area contributed by atoms with Crippen LogP contribution in [0.3, 0.4) is 0 Å². The smallest absolute Gasteiger partial charge is 0.130 e. The van der Waals surface area contributed by atoms with Gasteiger partial charge >= 0.3 is 0 Å². The molecule has 0 aliphatic heterocycles. The van der Waals surface area contributed by atoms with Crippen LogP contribution in [-0.4, -0.2) is 20.4 Å². The lowest BCUT2D eigenvalue weighted by atomic mass is 10.6. The first-order chi connectivity index (χ1) is 5.29. The number of hydrogen-bond acceptors (Lipinski definition) is 2. The summed E-state index contributed by atoms with van der Waals surface area (Å²) in [6.07, 6.45) is 5.42. The Labute approximate surface area is 76.2 Å². The Morgan fingerprint density at radius 2 is 2.55 bits per heavy atom. The number of hydrogen-bond donors (Lipinski definition) is 2. The van der Waals surface area contributed by atoms with Gasteiger partial charge in [-0.15, -0.1) is 12.6 Å². The number of aromatic nitrogens is 2. The van der Waals surface area contributed by atoms with Crippen LogP contribution in [0.4, 0.5) is 0 Å². The molecule has 0 amide bonds. The van der Waals surface area contributed by atoms with Crippen LogP contribution in [0.5, 0.6) is 0 Å². The Kier molecular flexibility index (Phi) is 3.38. The quantitative estimate of drug-likeness (QED) is 0.539. The molecule has 0 aliphatic rings. The minimum atomic E-state index is 0.533. The van der Waals surface area contributed by atoms with Gasteiger partial charge in [-0.25, -0.2) is 4.98 Å². The summed E-state index contributed by atoms with van der Waals surface area (Å²) in [6, 6.07) is 0. The van der Waals surface area contributed by atoms with Crippen molar-refractivity contribution in [3.63, 3.8) is 0 Å². The van der Waals surface area contributed by atoms with Gasteiger partial charge in [-0.2, -0.15) is 0 Å². The number of nitrogens with one attached hydrogen (secondary N) is 1. The van der Waals surface area contributed by atoms with Gasteiger partial charge in [0.2, 0.25) is 0 Å². The van der Waals surface area contributed by atoms with Crippen molar-refractivity contribution >= 4 is 29.2 Å². The fourth-order valence-corrected chi connectivity index (χ4v) is 0.925. The van der Waals surface area contributed by atoms with Gasteiger partial charge in [-0.1, -0.05) is 12.2 Å². The summed E-state index contributed by atoms with van der Waals surface area (Å²) < 4.78 is 2.50. The Bertz CT molecular complexity index is 220. The zero-order valence-electron chi connectivity index (χ0n) is 5.90.